The number of carboxylic acid groups (broad SMARTS) is 1. The summed E-state index contributed by atoms with van der Waals surface area (Å²) in [5, 5.41) is 12.0. The van der Waals surface area contributed by atoms with E-state index in [-0.39, 0.29) is 5.91 Å². The molecule has 5 nitrogen and oxygen atoms in total. The zero-order chi connectivity index (χ0) is 14.7. The minimum atomic E-state index is -0.872. The van der Waals surface area contributed by atoms with Crippen LogP contribution in [0.15, 0.2) is 18.3 Å². The number of hydrogen-bond donors (Lipinski definition) is 2. The lowest BCUT2D eigenvalue weighted by molar-refractivity contribution is -0.145. The number of carbonyl (C=O) groups is 2. The first-order valence-corrected chi connectivity index (χ1v) is 6.97. The molecule has 0 aromatic carbocycles. The maximum Gasteiger partial charge on any atom is 0.307 e. The minimum absolute atomic E-state index is 0.209. The Labute approximate surface area is 118 Å². The Morgan fingerprint density at radius 1 is 1.35 bits per heavy atom. The number of nitrogens with one attached hydrogen (secondary N) is 1. The predicted molar refractivity (Wildman–Crippen MR) is 75.2 cm³/mol. The van der Waals surface area contributed by atoms with Crippen molar-refractivity contribution in [3.05, 3.63) is 24.0 Å². The highest BCUT2D eigenvalue weighted by Gasteiger charge is 2.42. The molecule has 0 spiro atoms. The summed E-state index contributed by atoms with van der Waals surface area (Å²) >= 11 is 0. The number of hydrogen-bond acceptors (Lipinski definition) is 3. The molecule has 1 aromatic heterocycles. The second kappa shape index (κ2) is 6.03. The van der Waals surface area contributed by atoms with Gasteiger partial charge in [-0.15, -0.1) is 0 Å². The van der Waals surface area contributed by atoms with E-state index in [0.29, 0.717) is 24.4 Å². The standard InChI is InChI=1S/C15H20N2O3/c1-3-10-6-12(13(7-10)15(19)20)14(18)17-11-5-4-9(2)16-8-11/h4-5,8,10,12-13H,3,6-7H2,1-2H3,(H,17,18)(H,19,20)/t10?,12-,13+/m0/s1. The van der Waals surface area contributed by atoms with Crippen LogP contribution in [-0.2, 0) is 9.59 Å². The SMILES string of the molecule is CCC1C[C@H](C(=O)Nc2ccc(C)nc2)[C@H](C(=O)O)C1. The van der Waals surface area contributed by atoms with Crippen LogP contribution in [0.5, 0.6) is 0 Å². The highest BCUT2D eigenvalue weighted by Crippen LogP contribution is 2.38. The van der Waals surface area contributed by atoms with Crippen LogP contribution >= 0.6 is 0 Å². The van der Waals surface area contributed by atoms with E-state index >= 15 is 0 Å². The van der Waals surface area contributed by atoms with Crippen molar-refractivity contribution in [1.82, 2.24) is 4.98 Å². The number of anilines is 1. The van der Waals surface area contributed by atoms with Gasteiger partial charge in [0.05, 0.1) is 23.7 Å². The van der Waals surface area contributed by atoms with E-state index in [0.717, 1.165) is 12.1 Å². The van der Waals surface area contributed by atoms with Crippen LogP contribution in [0.2, 0.25) is 0 Å². The second-order valence-electron chi connectivity index (χ2n) is 5.47. The molecule has 0 bridgehead atoms. The maximum atomic E-state index is 12.3. The van der Waals surface area contributed by atoms with Gasteiger partial charge in [0.2, 0.25) is 5.91 Å². The first kappa shape index (κ1) is 14.5. The number of pyridine rings is 1. The molecule has 2 N–H and O–H groups in total. The first-order chi connectivity index (χ1) is 9.51. The minimum Gasteiger partial charge on any atom is -0.481 e. The fourth-order valence-corrected chi connectivity index (χ4v) is 2.82. The molecule has 1 heterocycles. The van der Waals surface area contributed by atoms with Crippen LogP contribution in [0.25, 0.3) is 0 Å². The summed E-state index contributed by atoms with van der Waals surface area (Å²) < 4.78 is 0. The molecule has 3 atom stereocenters. The average molecular weight is 276 g/mol. The highest BCUT2D eigenvalue weighted by molar-refractivity contribution is 5.95. The summed E-state index contributed by atoms with van der Waals surface area (Å²) in [6, 6.07) is 3.59. The molecular weight excluding hydrogens is 256 g/mol. The number of carbonyl (C=O) groups excluding carboxylic acids is 1. The molecule has 1 aliphatic carbocycles. The zero-order valence-corrected chi connectivity index (χ0v) is 11.8. The lowest BCUT2D eigenvalue weighted by atomic mass is 9.95. The summed E-state index contributed by atoms with van der Waals surface area (Å²) in [5.74, 6) is -1.78. The van der Waals surface area contributed by atoms with E-state index in [1.54, 1.807) is 12.3 Å². The fourth-order valence-electron chi connectivity index (χ4n) is 2.82. The van der Waals surface area contributed by atoms with Crippen LogP contribution in [-0.4, -0.2) is 22.0 Å². The van der Waals surface area contributed by atoms with Gasteiger partial charge >= 0.3 is 5.97 Å². The van der Waals surface area contributed by atoms with Crippen molar-refractivity contribution < 1.29 is 14.7 Å². The molecule has 5 heteroatoms. The van der Waals surface area contributed by atoms with Crippen LogP contribution in [0.3, 0.4) is 0 Å². The third kappa shape index (κ3) is 3.15. The Morgan fingerprint density at radius 2 is 2.05 bits per heavy atom. The Morgan fingerprint density at radius 3 is 2.60 bits per heavy atom. The van der Waals surface area contributed by atoms with Crippen molar-refractivity contribution in [2.75, 3.05) is 5.32 Å². The molecule has 0 aliphatic heterocycles. The molecule has 1 saturated carbocycles. The molecular formula is C15H20N2O3. The average Bonchev–Trinajstić information content (AvgIpc) is 2.86. The van der Waals surface area contributed by atoms with Crippen molar-refractivity contribution in [1.29, 1.82) is 0 Å². The van der Waals surface area contributed by atoms with Crippen LogP contribution < -0.4 is 5.32 Å². The van der Waals surface area contributed by atoms with Crippen molar-refractivity contribution in [2.24, 2.45) is 17.8 Å². The van der Waals surface area contributed by atoms with Crippen molar-refractivity contribution in [3.8, 4) is 0 Å². The molecule has 2 rings (SSSR count). The number of rotatable bonds is 4. The smallest absolute Gasteiger partial charge is 0.307 e. The third-order valence-electron chi connectivity index (χ3n) is 4.07. The molecule has 1 fully saturated rings. The number of aryl methyl sites for hydroxylation is 1. The summed E-state index contributed by atoms with van der Waals surface area (Å²) in [5.41, 5.74) is 1.49. The highest BCUT2D eigenvalue weighted by atomic mass is 16.4. The van der Waals surface area contributed by atoms with Gasteiger partial charge in [-0.2, -0.15) is 0 Å². The third-order valence-corrected chi connectivity index (χ3v) is 4.07. The maximum absolute atomic E-state index is 12.3. The molecule has 1 amide bonds. The Balaban J connectivity index is 2.07. The summed E-state index contributed by atoms with van der Waals surface area (Å²) in [7, 11) is 0. The van der Waals surface area contributed by atoms with E-state index < -0.39 is 17.8 Å². The zero-order valence-electron chi connectivity index (χ0n) is 11.8. The quantitative estimate of drug-likeness (QED) is 0.885. The van der Waals surface area contributed by atoms with Gasteiger partial charge in [-0.05, 0) is 37.8 Å². The molecule has 0 saturated heterocycles. The van der Waals surface area contributed by atoms with Gasteiger partial charge in [-0.25, -0.2) is 0 Å². The molecule has 0 radical (unpaired) electrons. The van der Waals surface area contributed by atoms with Crippen LogP contribution in [0, 0.1) is 24.7 Å². The van der Waals surface area contributed by atoms with Gasteiger partial charge in [0.15, 0.2) is 0 Å². The first-order valence-electron chi connectivity index (χ1n) is 6.97. The Kier molecular flexibility index (Phi) is 4.37. The van der Waals surface area contributed by atoms with Crippen molar-refractivity contribution >= 4 is 17.6 Å². The van der Waals surface area contributed by atoms with Crippen molar-refractivity contribution in [3.63, 3.8) is 0 Å². The van der Waals surface area contributed by atoms with E-state index in [4.69, 9.17) is 0 Å². The monoisotopic (exact) mass is 276 g/mol. The van der Waals surface area contributed by atoms with Gasteiger partial charge in [0.1, 0.15) is 0 Å². The molecule has 1 aliphatic rings. The van der Waals surface area contributed by atoms with E-state index in [2.05, 4.69) is 10.3 Å². The molecule has 1 unspecified atom stereocenters. The van der Waals surface area contributed by atoms with Gasteiger partial charge in [-0.1, -0.05) is 13.3 Å². The number of carboxylic acids is 1. The van der Waals surface area contributed by atoms with E-state index in [9.17, 15) is 14.7 Å². The van der Waals surface area contributed by atoms with Crippen LogP contribution in [0.4, 0.5) is 5.69 Å². The summed E-state index contributed by atoms with van der Waals surface area (Å²) in [4.78, 5) is 27.7. The van der Waals surface area contributed by atoms with E-state index in [1.807, 2.05) is 19.9 Å². The Hall–Kier alpha value is -1.91. The number of amides is 1. The van der Waals surface area contributed by atoms with Crippen LogP contribution in [0.1, 0.15) is 31.9 Å². The largest absolute Gasteiger partial charge is 0.481 e. The van der Waals surface area contributed by atoms with Gasteiger partial charge in [-0.3, -0.25) is 14.6 Å². The van der Waals surface area contributed by atoms with Crippen molar-refractivity contribution in [2.45, 2.75) is 33.1 Å². The lowest BCUT2D eigenvalue weighted by Gasteiger charge is -2.15. The second-order valence-corrected chi connectivity index (χ2v) is 5.47. The number of aliphatic carboxylic acids is 1. The normalized spacial score (nSPS) is 25.4. The van der Waals surface area contributed by atoms with E-state index in [1.165, 1.54) is 0 Å². The predicted octanol–water partition coefficient (Wildman–Crippen LogP) is 2.47. The van der Waals surface area contributed by atoms with Gasteiger partial charge in [0, 0.05) is 5.69 Å². The summed E-state index contributed by atoms with van der Waals surface area (Å²) in [6.45, 7) is 3.91. The molecule has 1 aromatic rings. The summed E-state index contributed by atoms with van der Waals surface area (Å²) in [6.07, 6.45) is 3.75. The molecule has 108 valence electrons. The van der Waals surface area contributed by atoms with Gasteiger partial charge < -0.3 is 10.4 Å². The Bertz CT molecular complexity index is 498. The topological polar surface area (TPSA) is 79.3 Å². The van der Waals surface area contributed by atoms with Gasteiger partial charge in [0.25, 0.3) is 0 Å². The number of nitrogens with zero attached hydrogens (tertiary/aromatic N) is 1. The number of aromatic nitrogens is 1. The fraction of sp³-hybridized carbons (Fsp3) is 0.533. The molecule has 20 heavy (non-hydrogen) atoms. The lowest BCUT2D eigenvalue weighted by Crippen LogP contribution is -2.30.